The van der Waals surface area contributed by atoms with Crippen molar-refractivity contribution in [1.82, 2.24) is 9.38 Å². The van der Waals surface area contributed by atoms with Crippen LogP contribution in [0, 0.1) is 4.91 Å². The Kier molecular flexibility index (Phi) is 3.15. The van der Waals surface area contributed by atoms with E-state index < -0.39 is 5.97 Å². The van der Waals surface area contributed by atoms with Gasteiger partial charge in [-0.05, 0) is 29.4 Å². The molecule has 0 aliphatic rings. The maximum atomic E-state index is 11.1. The van der Waals surface area contributed by atoms with E-state index in [1.54, 1.807) is 24.3 Å². The highest BCUT2D eigenvalue weighted by atomic mass is 35.5. The Bertz CT molecular complexity index is 856. The number of nitroso groups, excluding NO2 is 1. The second-order valence-electron chi connectivity index (χ2n) is 4.33. The van der Waals surface area contributed by atoms with Crippen LogP contribution in [-0.2, 0) is 0 Å². The lowest BCUT2D eigenvalue weighted by Gasteiger charge is -1.99. The maximum absolute atomic E-state index is 11.1. The molecule has 2 heterocycles. The summed E-state index contributed by atoms with van der Waals surface area (Å²) in [6.07, 6.45) is 1.32. The van der Waals surface area contributed by atoms with Crippen molar-refractivity contribution in [3.63, 3.8) is 0 Å². The smallest absolute Gasteiger partial charge is 0.337 e. The van der Waals surface area contributed by atoms with E-state index in [4.69, 9.17) is 16.7 Å². The van der Waals surface area contributed by atoms with E-state index in [0.717, 1.165) is 0 Å². The van der Waals surface area contributed by atoms with Gasteiger partial charge in [0.1, 0.15) is 11.3 Å². The molecule has 0 atom stereocenters. The van der Waals surface area contributed by atoms with E-state index in [-0.39, 0.29) is 11.4 Å². The van der Waals surface area contributed by atoms with Crippen LogP contribution < -0.4 is 0 Å². The quantitative estimate of drug-likeness (QED) is 0.747. The Morgan fingerprint density at radius 3 is 2.52 bits per heavy atom. The van der Waals surface area contributed by atoms with Gasteiger partial charge in [0.15, 0.2) is 0 Å². The summed E-state index contributed by atoms with van der Waals surface area (Å²) in [5.41, 5.74) is 1.55. The summed E-state index contributed by atoms with van der Waals surface area (Å²) in [5, 5.41) is 12.6. The van der Waals surface area contributed by atoms with Gasteiger partial charge in [-0.1, -0.05) is 23.7 Å². The van der Waals surface area contributed by atoms with E-state index >= 15 is 0 Å². The summed E-state index contributed by atoms with van der Waals surface area (Å²) in [7, 11) is 0. The van der Waals surface area contributed by atoms with Gasteiger partial charge in [0, 0.05) is 16.8 Å². The lowest BCUT2D eigenvalue weighted by atomic mass is 10.1. The van der Waals surface area contributed by atoms with Crippen molar-refractivity contribution in [2.45, 2.75) is 0 Å². The van der Waals surface area contributed by atoms with Gasteiger partial charge in [-0.2, -0.15) is 0 Å². The third kappa shape index (κ3) is 2.25. The number of carboxylic acids is 1. The Labute approximate surface area is 123 Å². The normalized spacial score (nSPS) is 10.7. The average Bonchev–Trinajstić information content (AvgIpc) is 2.85. The first-order valence-electron chi connectivity index (χ1n) is 5.95. The molecule has 3 rings (SSSR count). The third-order valence-electron chi connectivity index (χ3n) is 3.04. The molecule has 1 N–H and O–H groups in total. The zero-order valence-electron chi connectivity index (χ0n) is 10.5. The average molecular weight is 302 g/mol. The van der Waals surface area contributed by atoms with Crippen molar-refractivity contribution < 1.29 is 9.90 Å². The van der Waals surface area contributed by atoms with Crippen LogP contribution in [0.1, 0.15) is 10.4 Å². The minimum atomic E-state index is -1.09. The van der Waals surface area contributed by atoms with Gasteiger partial charge < -0.3 is 5.11 Å². The predicted molar refractivity (Wildman–Crippen MR) is 78.1 cm³/mol. The van der Waals surface area contributed by atoms with Gasteiger partial charge in [-0.25, -0.2) is 9.78 Å². The molecule has 0 saturated heterocycles. The van der Waals surface area contributed by atoms with E-state index in [1.807, 2.05) is 0 Å². The van der Waals surface area contributed by atoms with Gasteiger partial charge in [-0.15, -0.1) is 4.91 Å². The molecule has 104 valence electrons. The van der Waals surface area contributed by atoms with Crippen LogP contribution in [0.15, 0.2) is 47.8 Å². The zero-order chi connectivity index (χ0) is 15.0. The fraction of sp³-hybridized carbons (Fsp3) is 0. The molecule has 0 saturated carbocycles. The van der Waals surface area contributed by atoms with Gasteiger partial charge >= 0.3 is 5.97 Å². The largest absolute Gasteiger partial charge is 0.478 e. The lowest BCUT2D eigenvalue weighted by Crippen LogP contribution is -1.98. The molecule has 6 nitrogen and oxygen atoms in total. The number of fused-ring (bicyclic) bond motifs is 1. The molecule has 7 heteroatoms. The minimum absolute atomic E-state index is 0.0486. The number of pyridine rings is 1. The Morgan fingerprint density at radius 2 is 1.90 bits per heavy atom. The van der Waals surface area contributed by atoms with Crippen LogP contribution in [-0.4, -0.2) is 20.5 Å². The number of imidazole rings is 1. The molecule has 0 bridgehead atoms. The van der Waals surface area contributed by atoms with Crippen molar-refractivity contribution in [2.75, 3.05) is 0 Å². The van der Waals surface area contributed by atoms with Crippen LogP contribution >= 0.6 is 11.6 Å². The predicted octanol–water partition coefficient (Wildman–Crippen LogP) is 3.75. The Morgan fingerprint density at radius 1 is 1.19 bits per heavy atom. The van der Waals surface area contributed by atoms with Crippen LogP contribution in [0.3, 0.4) is 0 Å². The topological polar surface area (TPSA) is 84.0 Å². The molecule has 3 aromatic rings. The highest BCUT2D eigenvalue weighted by molar-refractivity contribution is 6.30. The van der Waals surface area contributed by atoms with Gasteiger partial charge in [-0.3, -0.25) is 4.40 Å². The molecule has 21 heavy (non-hydrogen) atoms. The first kappa shape index (κ1) is 13.3. The number of halogens is 1. The number of carbonyl (C=O) groups is 1. The van der Waals surface area contributed by atoms with Crippen molar-refractivity contribution >= 4 is 29.0 Å². The summed E-state index contributed by atoms with van der Waals surface area (Å²) in [6, 6.07) is 9.74. The number of hydrogen-bond acceptors (Lipinski definition) is 4. The van der Waals surface area contributed by atoms with Crippen molar-refractivity contribution in [2.24, 2.45) is 5.18 Å². The summed E-state index contributed by atoms with van der Waals surface area (Å²) in [4.78, 5) is 26.5. The van der Waals surface area contributed by atoms with Crippen LogP contribution in [0.25, 0.3) is 16.9 Å². The van der Waals surface area contributed by atoms with Crippen molar-refractivity contribution in [1.29, 1.82) is 0 Å². The van der Waals surface area contributed by atoms with E-state index in [2.05, 4.69) is 10.2 Å². The molecule has 1 aromatic carbocycles. The van der Waals surface area contributed by atoms with Crippen LogP contribution in [0.5, 0.6) is 0 Å². The van der Waals surface area contributed by atoms with Crippen LogP contribution in [0.2, 0.25) is 5.02 Å². The number of benzene rings is 1. The zero-order valence-corrected chi connectivity index (χ0v) is 11.3. The summed E-state index contributed by atoms with van der Waals surface area (Å²) < 4.78 is 1.36. The monoisotopic (exact) mass is 301 g/mol. The lowest BCUT2D eigenvalue weighted by molar-refractivity contribution is 0.0696. The molecule has 2 aromatic heterocycles. The molecular formula is C14H8ClN3O3. The SMILES string of the molecule is O=Nc1c(-c2ccc(Cl)cc2)nc2ccc(C(=O)O)cn12. The molecule has 0 radical (unpaired) electrons. The number of nitrogens with zero attached hydrogens (tertiary/aromatic N) is 3. The number of hydrogen-bond donors (Lipinski definition) is 1. The number of carboxylic acid groups (broad SMARTS) is 1. The Balaban J connectivity index is 2.26. The number of rotatable bonds is 3. The second kappa shape index (κ2) is 4.99. The highest BCUT2D eigenvalue weighted by Gasteiger charge is 2.16. The Hall–Kier alpha value is -2.73. The molecule has 0 amide bonds. The molecule has 0 spiro atoms. The van der Waals surface area contributed by atoms with Gasteiger partial charge in [0.05, 0.1) is 5.56 Å². The number of aromatic carboxylic acids is 1. The fourth-order valence-electron chi connectivity index (χ4n) is 2.05. The first-order valence-corrected chi connectivity index (χ1v) is 6.32. The van der Waals surface area contributed by atoms with E-state index in [0.29, 0.717) is 21.9 Å². The first-order chi connectivity index (χ1) is 10.1. The minimum Gasteiger partial charge on any atom is -0.478 e. The van der Waals surface area contributed by atoms with E-state index in [1.165, 1.54) is 22.7 Å². The third-order valence-corrected chi connectivity index (χ3v) is 3.30. The molecule has 0 fully saturated rings. The van der Waals surface area contributed by atoms with E-state index in [9.17, 15) is 9.70 Å². The summed E-state index contributed by atoms with van der Waals surface area (Å²) in [5.74, 6) is -1.04. The standard InChI is InChI=1S/C14H8ClN3O3/c15-10-4-1-8(2-5-10)12-13(17-21)18-7-9(14(19)20)3-6-11(18)16-12/h1-7H,(H,19,20). The van der Waals surface area contributed by atoms with Crippen LogP contribution in [0.4, 0.5) is 5.82 Å². The highest BCUT2D eigenvalue weighted by Crippen LogP contribution is 2.31. The van der Waals surface area contributed by atoms with Crippen molar-refractivity contribution in [3.05, 3.63) is 58.1 Å². The van der Waals surface area contributed by atoms with Crippen molar-refractivity contribution in [3.8, 4) is 11.3 Å². The van der Waals surface area contributed by atoms with Gasteiger partial charge in [0.25, 0.3) is 0 Å². The molecular weight excluding hydrogens is 294 g/mol. The molecule has 0 unspecified atom stereocenters. The summed E-state index contributed by atoms with van der Waals surface area (Å²) in [6.45, 7) is 0. The second-order valence-corrected chi connectivity index (χ2v) is 4.77. The number of aromatic nitrogens is 2. The molecule has 0 aliphatic heterocycles. The molecule has 0 aliphatic carbocycles. The fourth-order valence-corrected chi connectivity index (χ4v) is 2.17. The summed E-state index contributed by atoms with van der Waals surface area (Å²) >= 11 is 5.83. The van der Waals surface area contributed by atoms with Gasteiger partial charge in [0.2, 0.25) is 5.82 Å². The maximum Gasteiger partial charge on any atom is 0.337 e.